The molecule has 1 heterocycles. The van der Waals surface area contributed by atoms with Gasteiger partial charge in [0.1, 0.15) is 23.1 Å². The van der Waals surface area contributed by atoms with Crippen LogP contribution in [0.3, 0.4) is 0 Å². The molecule has 2 aromatic rings. The van der Waals surface area contributed by atoms with Crippen LogP contribution in [0.5, 0.6) is 0 Å². The maximum Gasteiger partial charge on any atom is 0.316 e. The van der Waals surface area contributed by atoms with E-state index in [4.69, 9.17) is 4.74 Å². The number of aromatic nitrogens is 2. The van der Waals surface area contributed by atoms with Crippen molar-refractivity contribution in [2.45, 2.75) is 32.6 Å². The number of H-pyrrole nitrogens is 1. The highest BCUT2D eigenvalue weighted by atomic mass is 19.1. The lowest BCUT2D eigenvalue weighted by Gasteiger charge is -2.11. The Kier molecular flexibility index (Phi) is 4.32. The van der Waals surface area contributed by atoms with E-state index < -0.39 is 23.5 Å². The maximum atomic E-state index is 13.6. The molecule has 0 amide bonds. The number of esters is 1. The second-order valence-corrected chi connectivity index (χ2v) is 4.50. The molecule has 20 heavy (non-hydrogen) atoms. The number of benzene rings is 1. The summed E-state index contributed by atoms with van der Waals surface area (Å²) in [6.07, 6.45) is 1.28. The van der Waals surface area contributed by atoms with Crippen molar-refractivity contribution < 1.29 is 18.3 Å². The van der Waals surface area contributed by atoms with Gasteiger partial charge in [-0.2, -0.15) is 0 Å². The SMILES string of the molecule is CCCC(C(=O)OCC)c1nc2c(F)cc(F)cc2[nH]1. The molecule has 0 radical (unpaired) electrons. The lowest BCUT2D eigenvalue weighted by molar-refractivity contribution is -0.145. The van der Waals surface area contributed by atoms with E-state index in [2.05, 4.69) is 9.97 Å². The second-order valence-electron chi connectivity index (χ2n) is 4.50. The molecule has 0 saturated heterocycles. The molecule has 1 unspecified atom stereocenters. The first kappa shape index (κ1) is 14.4. The van der Waals surface area contributed by atoms with Gasteiger partial charge in [0.05, 0.1) is 12.1 Å². The zero-order valence-electron chi connectivity index (χ0n) is 11.4. The molecule has 0 saturated carbocycles. The Morgan fingerprint density at radius 2 is 2.15 bits per heavy atom. The van der Waals surface area contributed by atoms with Crippen LogP contribution in [-0.2, 0) is 9.53 Å². The smallest absolute Gasteiger partial charge is 0.316 e. The minimum Gasteiger partial charge on any atom is -0.465 e. The topological polar surface area (TPSA) is 55.0 Å². The van der Waals surface area contributed by atoms with Crippen LogP contribution in [0.25, 0.3) is 11.0 Å². The normalized spacial score (nSPS) is 12.6. The molecule has 0 bridgehead atoms. The fourth-order valence-corrected chi connectivity index (χ4v) is 2.12. The van der Waals surface area contributed by atoms with Crippen LogP contribution in [0.4, 0.5) is 8.78 Å². The number of nitrogens with one attached hydrogen (secondary N) is 1. The van der Waals surface area contributed by atoms with E-state index >= 15 is 0 Å². The van der Waals surface area contributed by atoms with Crippen LogP contribution in [0.1, 0.15) is 38.4 Å². The molecular weight excluding hydrogens is 266 g/mol. The number of aromatic amines is 1. The molecule has 2 rings (SSSR count). The molecule has 1 aromatic heterocycles. The highest BCUT2D eigenvalue weighted by molar-refractivity contribution is 5.81. The number of hydrogen-bond acceptors (Lipinski definition) is 3. The summed E-state index contributed by atoms with van der Waals surface area (Å²) in [6, 6.07) is 1.93. The van der Waals surface area contributed by atoms with Gasteiger partial charge in [-0.05, 0) is 19.4 Å². The third kappa shape index (κ3) is 2.79. The molecule has 0 spiro atoms. The Morgan fingerprint density at radius 1 is 1.40 bits per heavy atom. The Morgan fingerprint density at radius 3 is 2.80 bits per heavy atom. The third-order valence-electron chi connectivity index (χ3n) is 3.00. The molecule has 1 N–H and O–H groups in total. The average molecular weight is 282 g/mol. The Hall–Kier alpha value is -1.98. The van der Waals surface area contributed by atoms with E-state index in [1.54, 1.807) is 6.92 Å². The van der Waals surface area contributed by atoms with Crippen molar-refractivity contribution in [2.24, 2.45) is 0 Å². The van der Waals surface area contributed by atoms with Gasteiger partial charge >= 0.3 is 5.97 Å². The van der Waals surface area contributed by atoms with Crippen LogP contribution >= 0.6 is 0 Å². The van der Waals surface area contributed by atoms with Crippen LogP contribution in [-0.4, -0.2) is 22.5 Å². The van der Waals surface area contributed by atoms with Crippen molar-refractivity contribution in [3.63, 3.8) is 0 Å². The highest BCUT2D eigenvalue weighted by Gasteiger charge is 2.25. The zero-order valence-corrected chi connectivity index (χ0v) is 11.4. The first-order valence-electron chi connectivity index (χ1n) is 6.58. The van der Waals surface area contributed by atoms with Gasteiger partial charge in [0.25, 0.3) is 0 Å². The van der Waals surface area contributed by atoms with Crippen LogP contribution < -0.4 is 0 Å². The summed E-state index contributed by atoms with van der Waals surface area (Å²) in [6.45, 7) is 3.91. The quantitative estimate of drug-likeness (QED) is 0.856. The van der Waals surface area contributed by atoms with Crippen LogP contribution in [0.2, 0.25) is 0 Å². The summed E-state index contributed by atoms with van der Waals surface area (Å²) in [7, 11) is 0. The van der Waals surface area contributed by atoms with Gasteiger partial charge in [0.15, 0.2) is 5.82 Å². The van der Waals surface area contributed by atoms with E-state index in [1.165, 1.54) is 0 Å². The number of imidazole rings is 1. The number of halogens is 2. The Balaban J connectivity index is 2.43. The number of hydrogen-bond donors (Lipinski definition) is 1. The summed E-state index contributed by atoms with van der Waals surface area (Å²) in [5, 5.41) is 0. The van der Waals surface area contributed by atoms with Crippen LogP contribution in [0, 0.1) is 11.6 Å². The van der Waals surface area contributed by atoms with E-state index in [9.17, 15) is 13.6 Å². The third-order valence-corrected chi connectivity index (χ3v) is 3.00. The fourth-order valence-electron chi connectivity index (χ4n) is 2.12. The van der Waals surface area contributed by atoms with Gasteiger partial charge in [-0.3, -0.25) is 4.79 Å². The van der Waals surface area contributed by atoms with E-state index in [0.717, 1.165) is 18.6 Å². The summed E-state index contributed by atoms with van der Waals surface area (Å²) >= 11 is 0. The molecule has 0 fully saturated rings. The van der Waals surface area contributed by atoms with Gasteiger partial charge in [-0.15, -0.1) is 0 Å². The van der Waals surface area contributed by atoms with Gasteiger partial charge in [0, 0.05) is 6.07 Å². The van der Waals surface area contributed by atoms with Crippen molar-refractivity contribution in [1.82, 2.24) is 9.97 Å². The predicted octanol–water partition coefficient (Wildman–Crippen LogP) is 3.29. The molecule has 0 aliphatic heterocycles. The van der Waals surface area contributed by atoms with Gasteiger partial charge in [-0.25, -0.2) is 13.8 Å². The van der Waals surface area contributed by atoms with Gasteiger partial charge < -0.3 is 9.72 Å². The van der Waals surface area contributed by atoms with E-state index in [1.807, 2.05) is 6.92 Å². The molecule has 4 nitrogen and oxygen atoms in total. The van der Waals surface area contributed by atoms with Gasteiger partial charge in [-0.1, -0.05) is 13.3 Å². The molecule has 1 aromatic carbocycles. The number of nitrogens with zero attached hydrogens (tertiary/aromatic N) is 1. The van der Waals surface area contributed by atoms with Gasteiger partial charge in [0.2, 0.25) is 0 Å². The number of carbonyl (C=O) groups excluding carboxylic acids is 1. The summed E-state index contributed by atoms with van der Waals surface area (Å²) in [5.74, 6) is -2.12. The minimum atomic E-state index is -0.749. The zero-order chi connectivity index (χ0) is 14.7. The standard InChI is InChI=1S/C14H16F2N2O2/c1-3-5-9(14(19)20-4-2)13-17-11-7-8(15)6-10(16)12(11)18-13/h6-7,9H,3-5H2,1-2H3,(H,17,18). The first-order chi connectivity index (χ1) is 9.56. The van der Waals surface area contributed by atoms with E-state index in [0.29, 0.717) is 12.2 Å². The lowest BCUT2D eigenvalue weighted by Crippen LogP contribution is -2.17. The Bertz CT molecular complexity index is 625. The maximum absolute atomic E-state index is 13.6. The van der Waals surface area contributed by atoms with Crippen molar-refractivity contribution in [3.05, 3.63) is 29.6 Å². The summed E-state index contributed by atoms with van der Waals surface area (Å²) in [4.78, 5) is 18.8. The van der Waals surface area contributed by atoms with E-state index in [-0.39, 0.29) is 17.6 Å². The second kappa shape index (κ2) is 5.98. The largest absolute Gasteiger partial charge is 0.465 e. The van der Waals surface area contributed by atoms with Crippen molar-refractivity contribution in [1.29, 1.82) is 0 Å². The summed E-state index contributed by atoms with van der Waals surface area (Å²) in [5.41, 5.74) is 0.273. The molecular formula is C14H16F2N2O2. The van der Waals surface area contributed by atoms with Crippen molar-refractivity contribution >= 4 is 17.0 Å². The number of rotatable bonds is 5. The average Bonchev–Trinajstić information content (AvgIpc) is 2.79. The van der Waals surface area contributed by atoms with Crippen molar-refractivity contribution in [2.75, 3.05) is 6.61 Å². The number of fused-ring (bicyclic) bond motifs is 1. The fraction of sp³-hybridized carbons (Fsp3) is 0.429. The first-order valence-corrected chi connectivity index (χ1v) is 6.58. The minimum absolute atomic E-state index is 0.0341. The molecule has 1 atom stereocenters. The highest BCUT2D eigenvalue weighted by Crippen LogP contribution is 2.25. The molecule has 6 heteroatoms. The number of carbonyl (C=O) groups is 1. The van der Waals surface area contributed by atoms with Crippen molar-refractivity contribution in [3.8, 4) is 0 Å². The van der Waals surface area contributed by atoms with Crippen LogP contribution in [0.15, 0.2) is 12.1 Å². The lowest BCUT2D eigenvalue weighted by atomic mass is 10.0. The Labute approximate surface area is 115 Å². The molecule has 0 aliphatic carbocycles. The number of ether oxygens (including phenoxy) is 1. The molecule has 0 aliphatic rings. The molecule has 108 valence electrons. The monoisotopic (exact) mass is 282 g/mol. The predicted molar refractivity (Wildman–Crippen MR) is 70.3 cm³/mol. The summed E-state index contributed by atoms with van der Waals surface area (Å²) < 4.78 is 31.8.